The van der Waals surface area contributed by atoms with Gasteiger partial charge in [-0.05, 0) is 38.7 Å². The lowest BCUT2D eigenvalue weighted by molar-refractivity contribution is -0.151. The van der Waals surface area contributed by atoms with Crippen molar-refractivity contribution in [3.8, 4) is 0 Å². The van der Waals surface area contributed by atoms with Crippen LogP contribution in [0.2, 0.25) is 0 Å². The number of carboxylic acids is 1. The van der Waals surface area contributed by atoms with Gasteiger partial charge in [-0.15, -0.1) is 0 Å². The first-order valence-corrected chi connectivity index (χ1v) is 20.1. The Kier molecular flexibility index (Phi) is 17.3. The number of ether oxygens (including phenoxy) is 6. The Hall–Kier alpha value is -3.67. The molecule has 3 saturated heterocycles. The van der Waals surface area contributed by atoms with Gasteiger partial charge in [0.05, 0.1) is 81.9 Å². The summed E-state index contributed by atoms with van der Waals surface area (Å²) in [5.74, 6) is -1.81. The minimum atomic E-state index is -0.995. The second kappa shape index (κ2) is 21.4. The second-order valence-electron chi connectivity index (χ2n) is 15.9. The van der Waals surface area contributed by atoms with E-state index in [0.29, 0.717) is 26.2 Å². The van der Waals surface area contributed by atoms with E-state index in [1.54, 1.807) is 23.8 Å². The maximum Gasteiger partial charge on any atom is 0.410 e. The third kappa shape index (κ3) is 13.2. The average molecular weight is 806 g/mol. The molecule has 0 spiro atoms. The van der Waals surface area contributed by atoms with Crippen molar-refractivity contribution < 1.29 is 62.6 Å². The first-order valence-electron chi connectivity index (χ1n) is 20.1. The summed E-state index contributed by atoms with van der Waals surface area (Å²) in [5.41, 5.74) is 0.573. The fraction of sp³-hybridized carbons (Fsp3) is 0.732. The molecule has 4 aliphatic rings. The molecule has 0 radical (unpaired) electrons. The minimum absolute atomic E-state index is 0.0114. The van der Waals surface area contributed by atoms with Gasteiger partial charge in [-0.1, -0.05) is 39.0 Å². The van der Waals surface area contributed by atoms with Crippen molar-refractivity contribution in [3.05, 3.63) is 36.0 Å². The lowest BCUT2D eigenvalue weighted by atomic mass is 9.85. The molecular formula is C41H63N3O13. The predicted molar refractivity (Wildman–Crippen MR) is 207 cm³/mol. The standard InChI is InChI=1S/C41H63N3O13/c1-26(25-41(6)39(57-41)29(4)38(52-7)30(5)45)9-8-10-27(2)37-28(3)32(23-31(55-37)24-36(49)50)56-40(51)43-16-14-42(15-17-43)33(46)13-19-53-21-22-54-20-18-44-34(47)11-12-35(44)48/h8-12,26,28-32,37-39,45H,13-25H2,1-7H3,(H,49,50)/b9-8+,27-10+/t26?,28-,29?,30?,31+,32+,37+,38?,39+,41+/m0/s1. The van der Waals surface area contributed by atoms with Crippen LogP contribution in [-0.4, -0.2) is 163 Å². The van der Waals surface area contributed by atoms with Crippen LogP contribution in [0.15, 0.2) is 36.0 Å². The molecule has 0 aliphatic carbocycles. The van der Waals surface area contributed by atoms with E-state index in [1.165, 1.54) is 12.2 Å². The summed E-state index contributed by atoms with van der Waals surface area (Å²) in [6.07, 6.45) is 6.39. The number of nitrogens with zero attached hydrogens (tertiary/aromatic N) is 3. The zero-order valence-corrected chi connectivity index (χ0v) is 34.5. The number of rotatable bonds is 21. The second-order valence-corrected chi connectivity index (χ2v) is 15.9. The number of hydrogen-bond donors (Lipinski definition) is 2. The lowest BCUT2D eigenvalue weighted by Crippen LogP contribution is -2.53. The zero-order valence-electron chi connectivity index (χ0n) is 34.5. The molecule has 4 heterocycles. The maximum atomic E-state index is 13.4. The Morgan fingerprint density at radius 3 is 2.25 bits per heavy atom. The van der Waals surface area contributed by atoms with Crippen LogP contribution >= 0.6 is 0 Å². The third-order valence-corrected chi connectivity index (χ3v) is 11.3. The van der Waals surface area contributed by atoms with Crippen molar-refractivity contribution in [3.63, 3.8) is 0 Å². The lowest BCUT2D eigenvalue weighted by Gasteiger charge is -2.41. The number of methoxy groups -OCH3 is 1. The normalized spacial score (nSPS) is 28.8. The van der Waals surface area contributed by atoms with Crippen molar-refractivity contribution >= 4 is 29.8 Å². The molecule has 2 N–H and O–H groups in total. The summed E-state index contributed by atoms with van der Waals surface area (Å²) in [4.78, 5) is 65.3. The van der Waals surface area contributed by atoms with E-state index < -0.39 is 36.5 Å². The van der Waals surface area contributed by atoms with Crippen LogP contribution in [-0.2, 0) is 47.6 Å². The molecule has 10 atom stereocenters. The quantitative estimate of drug-likeness (QED) is 0.0745. The van der Waals surface area contributed by atoms with Crippen molar-refractivity contribution in [2.45, 2.75) is 109 Å². The number of carbonyl (C=O) groups is 5. The van der Waals surface area contributed by atoms with Gasteiger partial charge in [0.15, 0.2) is 0 Å². The molecule has 57 heavy (non-hydrogen) atoms. The van der Waals surface area contributed by atoms with Crippen molar-refractivity contribution in [2.75, 3.05) is 66.3 Å². The molecule has 0 aromatic rings. The summed E-state index contributed by atoms with van der Waals surface area (Å²) < 4.78 is 34.8. The summed E-state index contributed by atoms with van der Waals surface area (Å²) in [6.45, 7) is 14.2. The summed E-state index contributed by atoms with van der Waals surface area (Å²) >= 11 is 0. The average Bonchev–Trinajstić information content (AvgIpc) is 3.72. The summed E-state index contributed by atoms with van der Waals surface area (Å²) in [6, 6.07) is 0. The highest BCUT2D eigenvalue weighted by Gasteiger charge is 2.57. The van der Waals surface area contributed by atoms with Crippen LogP contribution in [0.3, 0.4) is 0 Å². The van der Waals surface area contributed by atoms with E-state index in [0.717, 1.165) is 16.9 Å². The van der Waals surface area contributed by atoms with Crippen LogP contribution in [0.25, 0.3) is 0 Å². The zero-order chi connectivity index (χ0) is 41.9. The van der Waals surface area contributed by atoms with Gasteiger partial charge in [-0.2, -0.15) is 0 Å². The largest absolute Gasteiger partial charge is 0.481 e. The van der Waals surface area contributed by atoms with Gasteiger partial charge < -0.3 is 48.4 Å². The van der Waals surface area contributed by atoms with Crippen LogP contribution in [0, 0.1) is 17.8 Å². The van der Waals surface area contributed by atoms with Crippen LogP contribution in [0.5, 0.6) is 0 Å². The van der Waals surface area contributed by atoms with Gasteiger partial charge in [0.25, 0.3) is 11.8 Å². The SMILES string of the molecule is COC(C(C)O)C(C)[C@H]1O[C@]1(C)CC(C)/C=C/C=C(\C)[C@H]1O[C@@H](CC(=O)O)C[C@@H](OC(=O)N2CCN(C(=O)CCOCCOCCN3C(=O)C=CC3=O)CC2)[C@@H]1C. The van der Waals surface area contributed by atoms with E-state index in [1.807, 2.05) is 32.9 Å². The van der Waals surface area contributed by atoms with Crippen molar-refractivity contribution in [1.29, 1.82) is 0 Å². The van der Waals surface area contributed by atoms with E-state index in [-0.39, 0.29) is 106 Å². The Labute approximate surface area is 336 Å². The fourth-order valence-corrected chi connectivity index (χ4v) is 8.15. The molecule has 4 unspecified atom stereocenters. The third-order valence-electron chi connectivity index (χ3n) is 11.3. The van der Waals surface area contributed by atoms with Gasteiger partial charge >= 0.3 is 12.1 Å². The van der Waals surface area contributed by atoms with Crippen LogP contribution in [0.1, 0.15) is 67.2 Å². The minimum Gasteiger partial charge on any atom is -0.481 e. The smallest absolute Gasteiger partial charge is 0.410 e. The summed E-state index contributed by atoms with van der Waals surface area (Å²) in [7, 11) is 1.60. The summed E-state index contributed by atoms with van der Waals surface area (Å²) in [5, 5.41) is 19.7. The number of epoxide rings is 1. The van der Waals surface area contributed by atoms with Crippen molar-refractivity contribution in [1.82, 2.24) is 14.7 Å². The molecular weight excluding hydrogens is 742 g/mol. The molecule has 16 heteroatoms. The molecule has 16 nitrogen and oxygen atoms in total. The monoisotopic (exact) mass is 805 g/mol. The van der Waals surface area contributed by atoms with E-state index in [4.69, 9.17) is 28.4 Å². The topological polar surface area (TPSA) is 194 Å². The van der Waals surface area contributed by atoms with Gasteiger partial charge in [0.1, 0.15) is 6.10 Å². The van der Waals surface area contributed by atoms with Gasteiger partial charge in [-0.3, -0.25) is 24.1 Å². The molecule has 0 aromatic heterocycles. The maximum absolute atomic E-state index is 13.4. The Morgan fingerprint density at radius 2 is 1.63 bits per heavy atom. The molecule has 3 fully saturated rings. The number of carbonyl (C=O) groups excluding carboxylic acids is 4. The molecule has 0 saturated carbocycles. The molecule has 4 amide bonds. The highest BCUT2D eigenvalue weighted by Crippen LogP contribution is 2.47. The highest BCUT2D eigenvalue weighted by atomic mass is 16.6. The highest BCUT2D eigenvalue weighted by molar-refractivity contribution is 6.12. The number of piperazine rings is 1. The molecule has 4 rings (SSSR count). The fourth-order valence-electron chi connectivity index (χ4n) is 8.15. The van der Waals surface area contributed by atoms with Gasteiger partial charge in [0, 0.05) is 63.7 Å². The van der Waals surface area contributed by atoms with Gasteiger partial charge in [-0.25, -0.2) is 4.79 Å². The van der Waals surface area contributed by atoms with Crippen LogP contribution < -0.4 is 0 Å². The number of amides is 4. The Morgan fingerprint density at radius 1 is 1.00 bits per heavy atom. The first kappa shape index (κ1) is 46.0. The van der Waals surface area contributed by atoms with E-state index >= 15 is 0 Å². The number of carboxylic acid groups (broad SMARTS) is 1. The first-order chi connectivity index (χ1) is 27.0. The number of imide groups is 1. The number of aliphatic hydroxyl groups is 1. The molecule has 320 valence electrons. The van der Waals surface area contributed by atoms with Gasteiger partial charge in [0.2, 0.25) is 5.91 Å². The molecule has 0 bridgehead atoms. The Bertz CT molecular complexity index is 1470. The number of hydrogen-bond acceptors (Lipinski definition) is 12. The van der Waals surface area contributed by atoms with E-state index in [2.05, 4.69) is 19.9 Å². The van der Waals surface area contributed by atoms with E-state index in [9.17, 15) is 34.2 Å². The predicted octanol–water partition coefficient (Wildman–Crippen LogP) is 2.97. The Balaban J connectivity index is 1.19. The number of aliphatic hydroxyl groups excluding tert-OH is 1. The molecule has 4 aliphatic heterocycles. The van der Waals surface area contributed by atoms with Crippen LogP contribution in [0.4, 0.5) is 4.79 Å². The molecule has 0 aromatic carbocycles. The van der Waals surface area contributed by atoms with Crippen molar-refractivity contribution in [2.24, 2.45) is 17.8 Å². The number of aliphatic carboxylic acids is 1. The number of allylic oxidation sites excluding steroid dienone is 3.